The van der Waals surface area contributed by atoms with Crippen LogP contribution in [0.1, 0.15) is 38.5 Å². The van der Waals surface area contributed by atoms with Gasteiger partial charge >= 0.3 is 0 Å². The smallest absolute Gasteiger partial charge is 0.0462 e. The van der Waals surface area contributed by atoms with Crippen LogP contribution in [0, 0.1) is 0 Å². The first-order chi connectivity index (χ1) is 7.88. The molecule has 0 radical (unpaired) electrons. The van der Waals surface area contributed by atoms with Crippen LogP contribution in [0.2, 0.25) is 0 Å². The van der Waals surface area contributed by atoms with Gasteiger partial charge in [0.15, 0.2) is 0 Å². The van der Waals surface area contributed by atoms with Crippen LogP contribution < -0.4 is 5.32 Å². The highest BCUT2D eigenvalue weighted by Crippen LogP contribution is 2.22. The molecular weight excluding hydrogens is 200 g/mol. The molecule has 1 aliphatic heterocycles. The standard InChI is InChI=1S/C13H26N2O/c1-16-10-4-2-3-8-15-9-7-13(11-15)14-12-5-6-12/h12-14H,2-11H2,1H3. The average molecular weight is 226 g/mol. The van der Waals surface area contributed by atoms with Gasteiger partial charge in [0.25, 0.3) is 0 Å². The fourth-order valence-corrected chi connectivity index (χ4v) is 2.51. The summed E-state index contributed by atoms with van der Waals surface area (Å²) in [5.41, 5.74) is 0. The van der Waals surface area contributed by atoms with Crippen LogP contribution in [0.4, 0.5) is 0 Å². The summed E-state index contributed by atoms with van der Waals surface area (Å²) in [5.74, 6) is 0. The second-order valence-corrected chi connectivity index (χ2v) is 5.28. The Bertz CT molecular complexity index is 194. The van der Waals surface area contributed by atoms with Gasteiger partial charge in [-0.25, -0.2) is 0 Å². The molecule has 1 aliphatic carbocycles. The fourth-order valence-electron chi connectivity index (χ4n) is 2.51. The van der Waals surface area contributed by atoms with Crippen LogP contribution in [-0.2, 0) is 4.74 Å². The van der Waals surface area contributed by atoms with Crippen LogP contribution in [0.3, 0.4) is 0 Å². The Morgan fingerprint density at radius 2 is 2.00 bits per heavy atom. The third-order valence-electron chi connectivity index (χ3n) is 3.64. The Balaban J connectivity index is 1.47. The van der Waals surface area contributed by atoms with E-state index in [2.05, 4.69) is 10.2 Å². The lowest BCUT2D eigenvalue weighted by Crippen LogP contribution is -2.34. The molecule has 1 atom stereocenters. The highest BCUT2D eigenvalue weighted by molar-refractivity contribution is 4.89. The summed E-state index contributed by atoms with van der Waals surface area (Å²) in [6, 6.07) is 1.65. The summed E-state index contributed by atoms with van der Waals surface area (Å²) in [6.07, 6.45) is 8.04. The molecule has 16 heavy (non-hydrogen) atoms. The van der Waals surface area contributed by atoms with E-state index in [9.17, 15) is 0 Å². The van der Waals surface area contributed by atoms with Crippen molar-refractivity contribution in [3.8, 4) is 0 Å². The van der Waals surface area contributed by atoms with Gasteiger partial charge in [-0.05, 0) is 51.6 Å². The van der Waals surface area contributed by atoms with E-state index in [4.69, 9.17) is 4.74 Å². The highest BCUT2D eigenvalue weighted by Gasteiger charge is 2.28. The number of nitrogens with one attached hydrogen (secondary N) is 1. The lowest BCUT2D eigenvalue weighted by molar-refractivity contribution is 0.190. The zero-order chi connectivity index (χ0) is 11.2. The fraction of sp³-hybridized carbons (Fsp3) is 1.00. The monoisotopic (exact) mass is 226 g/mol. The number of likely N-dealkylation sites (tertiary alicyclic amines) is 1. The predicted molar refractivity (Wildman–Crippen MR) is 66.7 cm³/mol. The van der Waals surface area contributed by atoms with Crippen molar-refractivity contribution in [2.24, 2.45) is 0 Å². The van der Waals surface area contributed by atoms with Crippen molar-refractivity contribution < 1.29 is 4.74 Å². The molecule has 3 nitrogen and oxygen atoms in total. The second kappa shape index (κ2) is 6.58. The quantitative estimate of drug-likeness (QED) is 0.637. The van der Waals surface area contributed by atoms with Crippen molar-refractivity contribution in [3.05, 3.63) is 0 Å². The molecule has 0 aromatic rings. The van der Waals surface area contributed by atoms with E-state index in [0.717, 1.165) is 18.7 Å². The third-order valence-corrected chi connectivity index (χ3v) is 3.64. The van der Waals surface area contributed by atoms with E-state index in [0.29, 0.717) is 0 Å². The van der Waals surface area contributed by atoms with Crippen molar-refractivity contribution in [2.45, 2.75) is 50.6 Å². The molecule has 2 aliphatic rings. The molecule has 0 spiro atoms. The van der Waals surface area contributed by atoms with Gasteiger partial charge in [0.05, 0.1) is 0 Å². The van der Waals surface area contributed by atoms with E-state index in [1.165, 1.54) is 58.2 Å². The average Bonchev–Trinajstić information content (AvgIpc) is 2.98. The summed E-state index contributed by atoms with van der Waals surface area (Å²) < 4.78 is 5.06. The van der Waals surface area contributed by atoms with Gasteiger partial charge in [0, 0.05) is 32.3 Å². The molecule has 1 unspecified atom stereocenters. The first kappa shape index (κ1) is 12.3. The Labute approximate surface area is 99.5 Å². The minimum atomic E-state index is 0.784. The minimum absolute atomic E-state index is 0.784. The second-order valence-electron chi connectivity index (χ2n) is 5.28. The summed E-state index contributed by atoms with van der Waals surface area (Å²) in [6.45, 7) is 4.79. The maximum Gasteiger partial charge on any atom is 0.0462 e. The Morgan fingerprint density at radius 3 is 2.75 bits per heavy atom. The number of hydrogen-bond donors (Lipinski definition) is 1. The van der Waals surface area contributed by atoms with Crippen molar-refractivity contribution in [1.29, 1.82) is 0 Å². The SMILES string of the molecule is COCCCCCN1CCC(NC2CC2)C1. The molecule has 3 heteroatoms. The molecule has 94 valence electrons. The zero-order valence-electron chi connectivity index (χ0n) is 10.6. The van der Waals surface area contributed by atoms with Gasteiger partial charge in [-0.1, -0.05) is 0 Å². The van der Waals surface area contributed by atoms with Gasteiger partial charge in [-0.3, -0.25) is 0 Å². The van der Waals surface area contributed by atoms with Crippen LogP contribution in [-0.4, -0.2) is 50.3 Å². The Hall–Kier alpha value is -0.120. The first-order valence-corrected chi connectivity index (χ1v) is 6.86. The number of hydrogen-bond acceptors (Lipinski definition) is 3. The number of rotatable bonds is 8. The summed E-state index contributed by atoms with van der Waals surface area (Å²) in [4.78, 5) is 2.62. The van der Waals surface area contributed by atoms with E-state index in [1.54, 1.807) is 7.11 Å². The highest BCUT2D eigenvalue weighted by atomic mass is 16.5. The lowest BCUT2D eigenvalue weighted by Gasteiger charge is -2.16. The van der Waals surface area contributed by atoms with Gasteiger partial charge in [0.1, 0.15) is 0 Å². The van der Waals surface area contributed by atoms with Crippen LogP contribution in [0.15, 0.2) is 0 Å². The number of ether oxygens (including phenoxy) is 1. The van der Waals surface area contributed by atoms with Crippen molar-refractivity contribution in [3.63, 3.8) is 0 Å². The van der Waals surface area contributed by atoms with Crippen molar-refractivity contribution in [1.82, 2.24) is 10.2 Å². The van der Waals surface area contributed by atoms with Crippen LogP contribution >= 0.6 is 0 Å². The van der Waals surface area contributed by atoms with E-state index >= 15 is 0 Å². The number of nitrogens with zero attached hydrogens (tertiary/aromatic N) is 1. The summed E-state index contributed by atoms with van der Waals surface area (Å²) in [5, 5.41) is 3.73. The van der Waals surface area contributed by atoms with Crippen molar-refractivity contribution >= 4 is 0 Å². The largest absolute Gasteiger partial charge is 0.385 e. The van der Waals surface area contributed by atoms with E-state index in [1.807, 2.05) is 0 Å². The number of methoxy groups -OCH3 is 1. The third kappa shape index (κ3) is 4.40. The topological polar surface area (TPSA) is 24.5 Å². The van der Waals surface area contributed by atoms with Gasteiger partial charge < -0.3 is 15.0 Å². The van der Waals surface area contributed by atoms with E-state index < -0.39 is 0 Å². The summed E-state index contributed by atoms with van der Waals surface area (Å²) in [7, 11) is 1.79. The lowest BCUT2D eigenvalue weighted by atomic mass is 10.2. The van der Waals surface area contributed by atoms with Crippen LogP contribution in [0.25, 0.3) is 0 Å². The summed E-state index contributed by atoms with van der Waals surface area (Å²) >= 11 is 0. The molecule has 0 bridgehead atoms. The van der Waals surface area contributed by atoms with E-state index in [-0.39, 0.29) is 0 Å². The maximum absolute atomic E-state index is 5.06. The van der Waals surface area contributed by atoms with Crippen LogP contribution in [0.5, 0.6) is 0 Å². The molecule has 1 heterocycles. The normalized spacial score (nSPS) is 26.4. The van der Waals surface area contributed by atoms with Gasteiger partial charge in [-0.2, -0.15) is 0 Å². The Morgan fingerprint density at radius 1 is 1.12 bits per heavy atom. The molecule has 1 saturated carbocycles. The molecule has 0 aromatic heterocycles. The molecular formula is C13H26N2O. The molecule has 1 saturated heterocycles. The molecule has 0 amide bonds. The molecule has 2 fully saturated rings. The number of unbranched alkanes of at least 4 members (excludes halogenated alkanes) is 2. The zero-order valence-corrected chi connectivity index (χ0v) is 10.6. The van der Waals surface area contributed by atoms with Crippen molar-refractivity contribution in [2.75, 3.05) is 33.4 Å². The Kier molecular flexibility index (Phi) is 5.07. The molecule has 1 N–H and O–H groups in total. The van der Waals surface area contributed by atoms with Gasteiger partial charge in [0.2, 0.25) is 0 Å². The molecule has 2 rings (SSSR count). The predicted octanol–water partition coefficient (Wildman–Crippen LogP) is 1.63. The minimum Gasteiger partial charge on any atom is -0.385 e. The maximum atomic E-state index is 5.06. The first-order valence-electron chi connectivity index (χ1n) is 6.86. The molecule has 0 aromatic carbocycles. The van der Waals surface area contributed by atoms with Gasteiger partial charge in [-0.15, -0.1) is 0 Å².